The Morgan fingerprint density at radius 1 is 0.800 bits per heavy atom. The van der Waals surface area contributed by atoms with Gasteiger partial charge >= 0.3 is 5.97 Å². The lowest BCUT2D eigenvalue weighted by molar-refractivity contribution is -0.129. The molecule has 154 valence electrons. The van der Waals surface area contributed by atoms with Crippen molar-refractivity contribution in [2.75, 3.05) is 6.61 Å². The zero-order chi connectivity index (χ0) is 21.5. The highest BCUT2D eigenvalue weighted by Crippen LogP contribution is 2.36. The van der Waals surface area contributed by atoms with Crippen LogP contribution in [0.3, 0.4) is 0 Å². The van der Waals surface area contributed by atoms with Crippen molar-refractivity contribution in [3.63, 3.8) is 0 Å². The van der Waals surface area contributed by atoms with Gasteiger partial charge in [0.25, 0.3) is 8.32 Å². The average Bonchev–Trinajstić information content (AvgIpc) is 2.75. The Morgan fingerprint density at radius 2 is 1.27 bits per heavy atom. The molecule has 0 fully saturated rings. The maximum atomic E-state index is 12.1. The molecular formula is C26H28O3Si. The smallest absolute Gasteiger partial charge is 0.335 e. The summed E-state index contributed by atoms with van der Waals surface area (Å²) in [5.41, 5.74) is 0. The molecule has 0 saturated carbocycles. The Bertz CT molecular complexity index is 922. The van der Waals surface area contributed by atoms with E-state index in [1.54, 1.807) is 18.2 Å². The normalized spacial score (nSPS) is 12.1. The Balaban J connectivity index is 1.84. The van der Waals surface area contributed by atoms with Crippen LogP contribution < -0.4 is 15.1 Å². The van der Waals surface area contributed by atoms with Gasteiger partial charge in [-0.25, -0.2) is 4.79 Å². The summed E-state index contributed by atoms with van der Waals surface area (Å²) >= 11 is 0. The number of benzene rings is 3. The van der Waals surface area contributed by atoms with Gasteiger partial charge in [0, 0.05) is 6.08 Å². The number of rotatable bonds is 7. The first-order valence-electron chi connectivity index (χ1n) is 10.1. The van der Waals surface area contributed by atoms with Crippen LogP contribution in [0.4, 0.5) is 0 Å². The molecule has 0 aromatic heterocycles. The van der Waals surface area contributed by atoms with Crippen LogP contribution in [0.1, 0.15) is 20.8 Å². The van der Waals surface area contributed by atoms with E-state index in [9.17, 15) is 4.79 Å². The molecule has 30 heavy (non-hydrogen) atoms. The highest BCUT2D eigenvalue weighted by Gasteiger charge is 2.49. The van der Waals surface area contributed by atoms with E-state index >= 15 is 0 Å². The van der Waals surface area contributed by atoms with Crippen LogP contribution in [0.15, 0.2) is 103 Å². The van der Waals surface area contributed by atoms with Gasteiger partial charge in [-0.2, -0.15) is 0 Å². The monoisotopic (exact) mass is 416 g/mol. The van der Waals surface area contributed by atoms with Gasteiger partial charge in [-0.1, -0.05) is 106 Å². The summed E-state index contributed by atoms with van der Waals surface area (Å²) in [4.78, 5) is 12.1. The highest BCUT2D eigenvalue weighted by molar-refractivity contribution is 6.99. The van der Waals surface area contributed by atoms with Crippen molar-refractivity contribution in [2.45, 2.75) is 25.8 Å². The van der Waals surface area contributed by atoms with E-state index in [4.69, 9.17) is 9.16 Å². The van der Waals surface area contributed by atoms with Crippen molar-refractivity contribution >= 4 is 24.7 Å². The van der Waals surface area contributed by atoms with Crippen molar-refractivity contribution in [1.29, 1.82) is 0 Å². The predicted molar refractivity (Wildman–Crippen MR) is 125 cm³/mol. The molecule has 3 aromatic rings. The fourth-order valence-electron chi connectivity index (χ4n) is 3.72. The van der Waals surface area contributed by atoms with Gasteiger partial charge in [-0.15, -0.1) is 0 Å². The van der Waals surface area contributed by atoms with E-state index < -0.39 is 14.3 Å². The lowest BCUT2D eigenvalue weighted by Crippen LogP contribution is -2.66. The van der Waals surface area contributed by atoms with Gasteiger partial charge in [0.1, 0.15) is 5.75 Å². The van der Waals surface area contributed by atoms with Crippen molar-refractivity contribution in [3.05, 3.63) is 103 Å². The largest absolute Gasteiger partial charge is 0.423 e. The Morgan fingerprint density at radius 3 is 1.73 bits per heavy atom. The van der Waals surface area contributed by atoms with Gasteiger partial charge in [-0.3, -0.25) is 0 Å². The quantitative estimate of drug-likeness (QED) is 0.242. The minimum Gasteiger partial charge on any atom is -0.423 e. The first-order valence-corrected chi connectivity index (χ1v) is 12.0. The van der Waals surface area contributed by atoms with E-state index in [0.717, 1.165) is 0 Å². The second-order valence-corrected chi connectivity index (χ2v) is 12.4. The lowest BCUT2D eigenvalue weighted by Gasteiger charge is -2.42. The fraction of sp³-hybridized carbons (Fsp3) is 0.192. The Labute approximate surface area is 180 Å². The van der Waals surface area contributed by atoms with E-state index in [2.05, 4.69) is 69.3 Å². The average molecular weight is 417 g/mol. The first kappa shape index (κ1) is 21.7. The van der Waals surface area contributed by atoms with Gasteiger partial charge in [0.15, 0.2) is 0 Å². The molecule has 0 spiro atoms. The maximum absolute atomic E-state index is 12.1. The molecule has 0 N–H and O–H groups in total. The van der Waals surface area contributed by atoms with Crippen LogP contribution in [-0.2, 0) is 9.22 Å². The predicted octanol–water partition coefficient (Wildman–Crippen LogP) is 4.72. The highest BCUT2D eigenvalue weighted by atomic mass is 28.4. The first-order chi connectivity index (χ1) is 14.4. The van der Waals surface area contributed by atoms with Gasteiger partial charge in [0.2, 0.25) is 0 Å². The van der Waals surface area contributed by atoms with Crippen LogP contribution in [-0.4, -0.2) is 20.9 Å². The van der Waals surface area contributed by atoms with Crippen molar-refractivity contribution in [3.8, 4) is 5.75 Å². The number of para-hydroxylation sites is 1. The number of ether oxygens (including phenoxy) is 1. The van der Waals surface area contributed by atoms with Gasteiger partial charge in [-0.05, 0) is 27.5 Å². The molecule has 4 heteroatoms. The SMILES string of the molecule is CC(C)(C)[Si](OC/C=C/C(=O)Oc1ccccc1)(c1ccccc1)c1ccccc1. The minimum atomic E-state index is -2.60. The lowest BCUT2D eigenvalue weighted by atomic mass is 10.2. The van der Waals surface area contributed by atoms with Gasteiger partial charge in [0.05, 0.1) is 6.61 Å². The molecule has 0 aliphatic carbocycles. The summed E-state index contributed by atoms with van der Waals surface area (Å²) < 4.78 is 12.0. The summed E-state index contributed by atoms with van der Waals surface area (Å²) in [6.45, 7) is 7.02. The molecule has 0 aliphatic rings. The topological polar surface area (TPSA) is 35.5 Å². The van der Waals surface area contributed by atoms with E-state index in [0.29, 0.717) is 12.4 Å². The van der Waals surface area contributed by atoms with Crippen LogP contribution >= 0.6 is 0 Å². The number of carbonyl (C=O) groups is 1. The molecule has 0 unspecified atom stereocenters. The number of carbonyl (C=O) groups excluding carboxylic acids is 1. The molecule has 3 nitrogen and oxygen atoms in total. The molecule has 0 radical (unpaired) electrons. The molecule has 0 aliphatic heterocycles. The third kappa shape index (κ3) is 4.96. The molecule has 0 bridgehead atoms. The fourth-order valence-corrected chi connectivity index (χ4v) is 8.22. The summed E-state index contributed by atoms with van der Waals surface area (Å²) in [7, 11) is -2.60. The minimum absolute atomic E-state index is 0.103. The molecule has 0 atom stereocenters. The van der Waals surface area contributed by atoms with Gasteiger partial charge < -0.3 is 9.16 Å². The number of hydrogen-bond acceptors (Lipinski definition) is 3. The van der Waals surface area contributed by atoms with Crippen LogP contribution in [0.2, 0.25) is 5.04 Å². The zero-order valence-corrected chi connectivity index (χ0v) is 18.7. The van der Waals surface area contributed by atoms with Crippen LogP contribution in [0.25, 0.3) is 0 Å². The third-order valence-corrected chi connectivity index (χ3v) is 10.0. The van der Waals surface area contributed by atoms with Crippen molar-refractivity contribution < 1.29 is 14.0 Å². The number of hydrogen-bond donors (Lipinski definition) is 0. The Kier molecular flexibility index (Phi) is 7.03. The summed E-state index contributed by atoms with van der Waals surface area (Å²) in [5.74, 6) is 0.118. The molecular weight excluding hydrogens is 388 g/mol. The molecule has 3 rings (SSSR count). The van der Waals surface area contributed by atoms with Crippen LogP contribution in [0, 0.1) is 0 Å². The maximum Gasteiger partial charge on any atom is 0.335 e. The van der Waals surface area contributed by atoms with E-state index in [-0.39, 0.29) is 5.04 Å². The Hall–Kier alpha value is -2.95. The van der Waals surface area contributed by atoms with E-state index in [1.807, 2.05) is 30.3 Å². The molecule has 0 saturated heterocycles. The van der Waals surface area contributed by atoms with Crippen LogP contribution in [0.5, 0.6) is 5.75 Å². The second kappa shape index (κ2) is 9.70. The zero-order valence-electron chi connectivity index (χ0n) is 17.7. The summed E-state index contributed by atoms with van der Waals surface area (Å²) in [6, 6.07) is 29.9. The van der Waals surface area contributed by atoms with Crippen molar-refractivity contribution in [2.24, 2.45) is 0 Å². The number of esters is 1. The van der Waals surface area contributed by atoms with Crippen molar-refractivity contribution in [1.82, 2.24) is 0 Å². The summed E-state index contributed by atoms with van der Waals surface area (Å²) in [6.07, 6.45) is 3.18. The summed E-state index contributed by atoms with van der Waals surface area (Å²) in [5, 5.41) is 2.32. The molecule has 0 amide bonds. The molecule has 3 aromatic carbocycles. The standard InChI is InChI=1S/C26H28O3Si/c1-26(2,3)30(23-16-9-5-10-17-23,24-18-11-6-12-19-24)28-21-13-20-25(27)29-22-14-7-4-8-15-22/h4-20H,21H2,1-3H3/b20-13+. The van der Waals surface area contributed by atoms with E-state index in [1.165, 1.54) is 16.4 Å². The second-order valence-electron chi connectivity index (χ2n) is 8.11. The third-order valence-electron chi connectivity index (χ3n) is 5.03. The molecule has 0 heterocycles.